The highest BCUT2D eigenvalue weighted by Crippen LogP contribution is 2.24. The number of fused-ring (bicyclic) bond motifs is 1. The minimum absolute atomic E-state index is 0.195. The number of cyclic esters (lactones) is 1. The van der Waals surface area contributed by atoms with E-state index in [-0.39, 0.29) is 5.70 Å². The van der Waals surface area contributed by atoms with Crippen LogP contribution >= 0.6 is 11.6 Å². The quantitative estimate of drug-likeness (QED) is 0.519. The van der Waals surface area contributed by atoms with Gasteiger partial charge in [0, 0.05) is 11.8 Å². The molecule has 6 heteroatoms. The number of aryl methyl sites for hydroxylation is 2. The van der Waals surface area contributed by atoms with E-state index in [1.807, 2.05) is 56.4 Å². The summed E-state index contributed by atoms with van der Waals surface area (Å²) in [6.45, 7) is 4.03. The van der Waals surface area contributed by atoms with Crippen LogP contribution in [0.4, 0.5) is 0 Å². The Kier molecular flexibility index (Phi) is 3.66. The molecule has 3 heterocycles. The van der Waals surface area contributed by atoms with Crippen molar-refractivity contribution < 1.29 is 9.53 Å². The molecule has 0 aliphatic carbocycles. The molecule has 1 aromatic carbocycles. The molecule has 1 aliphatic rings. The third-order valence-electron chi connectivity index (χ3n) is 4.17. The molecule has 0 spiro atoms. The van der Waals surface area contributed by atoms with Gasteiger partial charge in [-0.25, -0.2) is 14.8 Å². The molecular formula is C19H14ClN3O2. The summed E-state index contributed by atoms with van der Waals surface area (Å²) in [6.07, 6.45) is 3.42. The molecule has 3 aromatic rings. The highest BCUT2D eigenvalue weighted by molar-refractivity contribution is 6.31. The molecule has 25 heavy (non-hydrogen) atoms. The Morgan fingerprint density at radius 1 is 1.16 bits per heavy atom. The maximum absolute atomic E-state index is 12.2. The Balaban J connectivity index is 1.78. The van der Waals surface area contributed by atoms with Crippen molar-refractivity contribution in [3.8, 4) is 0 Å². The van der Waals surface area contributed by atoms with Gasteiger partial charge in [-0.1, -0.05) is 23.7 Å². The van der Waals surface area contributed by atoms with Crippen molar-refractivity contribution in [3.63, 3.8) is 0 Å². The number of halogens is 1. The van der Waals surface area contributed by atoms with Crippen LogP contribution in [0.5, 0.6) is 0 Å². The van der Waals surface area contributed by atoms with E-state index in [1.165, 1.54) is 5.56 Å². The smallest absolute Gasteiger partial charge is 0.363 e. The van der Waals surface area contributed by atoms with E-state index >= 15 is 0 Å². The van der Waals surface area contributed by atoms with E-state index < -0.39 is 5.97 Å². The minimum Gasteiger partial charge on any atom is -0.402 e. The average molecular weight is 352 g/mol. The van der Waals surface area contributed by atoms with Crippen LogP contribution in [0.25, 0.3) is 11.7 Å². The number of pyridine rings is 1. The number of rotatable bonds is 2. The van der Waals surface area contributed by atoms with Crippen molar-refractivity contribution >= 4 is 35.2 Å². The number of esters is 1. The molecule has 5 nitrogen and oxygen atoms in total. The molecule has 2 aromatic heterocycles. The zero-order chi connectivity index (χ0) is 17.6. The Labute approximate surface area is 149 Å². The lowest BCUT2D eigenvalue weighted by molar-refractivity contribution is -0.129. The van der Waals surface area contributed by atoms with Crippen LogP contribution in [0.1, 0.15) is 22.4 Å². The van der Waals surface area contributed by atoms with Gasteiger partial charge < -0.3 is 4.74 Å². The first-order valence-corrected chi connectivity index (χ1v) is 8.13. The number of carbonyl (C=O) groups is 1. The topological polar surface area (TPSA) is 56.0 Å². The number of imidazole rings is 1. The predicted octanol–water partition coefficient (Wildman–Crippen LogP) is 3.95. The Morgan fingerprint density at radius 3 is 2.80 bits per heavy atom. The summed E-state index contributed by atoms with van der Waals surface area (Å²) in [6, 6.07) is 11.4. The summed E-state index contributed by atoms with van der Waals surface area (Å²) in [5.41, 5.74) is 4.53. The second-order valence-electron chi connectivity index (χ2n) is 5.85. The third kappa shape index (κ3) is 2.72. The number of aliphatic imine (C=N–C) groups is 1. The van der Waals surface area contributed by atoms with E-state index in [0.717, 1.165) is 11.1 Å². The Hall–Kier alpha value is -2.92. The van der Waals surface area contributed by atoms with Crippen LogP contribution in [0.15, 0.2) is 53.3 Å². The first-order chi connectivity index (χ1) is 12.0. The summed E-state index contributed by atoms with van der Waals surface area (Å²) in [4.78, 5) is 20.8. The van der Waals surface area contributed by atoms with E-state index in [4.69, 9.17) is 16.3 Å². The van der Waals surface area contributed by atoms with Crippen molar-refractivity contribution in [2.24, 2.45) is 4.99 Å². The van der Waals surface area contributed by atoms with Gasteiger partial charge in [0.1, 0.15) is 5.65 Å². The fraction of sp³-hybridized carbons (Fsp3) is 0.105. The number of hydrogen-bond donors (Lipinski definition) is 0. The standard InChI is InChI=1S/C19H14ClN3O2/c1-11-6-7-13(9-12(11)2)18-21-14(19(24)25-18)10-15-17(20)22-16-5-3-4-8-23(15)16/h3-10H,1-2H3/b14-10-. The highest BCUT2D eigenvalue weighted by Gasteiger charge is 2.25. The zero-order valence-electron chi connectivity index (χ0n) is 13.7. The first-order valence-electron chi connectivity index (χ1n) is 7.76. The summed E-state index contributed by atoms with van der Waals surface area (Å²) >= 11 is 6.21. The third-order valence-corrected chi connectivity index (χ3v) is 4.45. The molecular weight excluding hydrogens is 338 g/mol. The number of carbonyl (C=O) groups excluding carboxylic acids is 1. The van der Waals surface area contributed by atoms with Crippen LogP contribution in [0.2, 0.25) is 5.15 Å². The van der Waals surface area contributed by atoms with Gasteiger partial charge in [-0.2, -0.15) is 0 Å². The Bertz CT molecular complexity index is 1080. The van der Waals surface area contributed by atoms with Gasteiger partial charge in [-0.3, -0.25) is 4.40 Å². The zero-order valence-corrected chi connectivity index (χ0v) is 14.4. The predicted molar refractivity (Wildman–Crippen MR) is 96.7 cm³/mol. The van der Waals surface area contributed by atoms with Crippen LogP contribution in [-0.4, -0.2) is 21.3 Å². The van der Waals surface area contributed by atoms with Crippen molar-refractivity contribution in [3.05, 3.63) is 75.8 Å². The van der Waals surface area contributed by atoms with E-state index in [9.17, 15) is 4.79 Å². The number of ether oxygens (including phenoxy) is 1. The number of hydrogen-bond acceptors (Lipinski definition) is 4. The normalized spacial score (nSPS) is 15.7. The average Bonchev–Trinajstić information content (AvgIpc) is 3.11. The maximum Gasteiger partial charge on any atom is 0.363 e. The van der Waals surface area contributed by atoms with Crippen molar-refractivity contribution in [2.45, 2.75) is 13.8 Å². The molecule has 124 valence electrons. The minimum atomic E-state index is -0.504. The van der Waals surface area contributed by atoms with Crippen molar-refractivity contribution in [1.29, 1.82) is 0 Å². The Morgan fingerprint density at radius 2 is 2.00 bits per heavy atom. The lowest BCUT2D eigenvalue weighted by Gasteiger charge is -2.03. The van der Waals surface area contributed by atoms with Crippen molar-refractivity contribution in [2.75, 3.05) is 0 Å². The molecule has 0 saturated carbocycles. The van der Waals surface area contributed by atoms with Crippen LogP contribution < -0.4 is 0 Å². The second kappa shape index (κ2) is 5.86. The largest absolute Gasteiger partial charge is 0.402 e. The van der Waals surface area contributed by atoms with Gasteiger partial charge >= 0.3 is 5.97 Å². The summed E-state index contributed by atoms with van der Waals surface area (Å²) in [7, 11) is 0. The summed E-state index contributed by atoms with van der Waals surface area (Å²) in [5.74, 6) is -0.209. The molecule has 0 N–H and O–H groups in total. The second-order valence-corrected chi connectivity index (χ2v) is 6.21. The van der Waals surface area contributed by atoms with E-state index in [1.54, 1.807) is 10.5 Å². The van der Waals surface area contributed by atoms with Gasteiger partial charge in [0.2, 0.25) is 5.90 Å². The molecule has 0 amide bonds. The number of aromatic nitrogens is 2. The maximum atomic E-state index is 12.2. The highest BCUT2D eigenvalue weighted by atomic mass is 35.5. The lowest BCUT2D eigenvalue weighted by atomic mass is 10.1. The molecule has 0 saturated heterocycles. The van der Waals surface area contributed by atoms with Gasteiger partial charge in [-0.05, 0) is 55.3 Å². The molecule has 0 atom stereocenters. The van der Waals surface area contributed by atoms with Gasteiger partial charge in [0.15, 0.2) is 10.9 Å². The van der Waals surface area contributed by atoms with E-state index in [2.05, 4.69) is 9.98 Å². The SMILES string of the molecule is Cc1ccc(C2=N/C(=C\c3c(Cl)nc4ccccn34)C(=O)O2)cc1C. The van der Waals surface area contributed by atoms with Crippen LogP contribution in [0, 0.1) is 13.8 Å². The van der Waals surface area contributed by atoms with Gasteiger partial charge in [0.25, 0.3) is 0 Å². The molecule has 1 aliphatic heterocycles. The van der Waals surface area contributed by atoms with Crippen LogP contribution in [-0.2, 0) is 9.53 Å². The number of nitrogens with zero attached hydrogens (tertiary/aromatic N) is 3. The molecule has 0 bridgehead atoms. The molecule has 0 radical (unpaired) electrons. The summed E-state index contributed by atoms with van der Waals surface area (Å²) in [5, 5.41) is 0.307. The van der Waals surface area contributed by atoms with Crippen LogP contribution in [0.3, 0.4) is 0 Å². The molecule has 0 unspecified atom stereocenters. The molecule has 4 rings (SSSR count). The summed E-state index contributed by atoms with van der Waals surface area (Å²) < 4.78 is 7.12. The van der Waals surface area contributed by atoms with Gasteiger partial charge in [0.05, 0.1) is 5.69 Å². The fourth-order valence-electron chi connectivity index (χ4n) is 2.65. The fourth-order valence-corrected chi connectivity index (χ4v) is 2.88. The van der Waals surface area contributed by atoms with E-state index in [0.29, 0.717) is 22.4 Å². The molecule has 0 fully saturated rings. The van der Waals surface area contributed by atoms with Gasteiger partial charge in [-0.15, -0.1) is 0 Å². The van der Waals surface area contributed by atoms with Crippen molar-refractivity contribution in [1.82, 2.24) is 9.38 Å². The first kappa shape index (κ1) is 15.6. The monoisotopic (exact) mass is 351 g/mol. The number of benzene rings is 1. The lowest BCUT2D eigenvalue weighted by Crippen LogP contribution is -2.05.